The van der Waals surface area contributed by atoms with Gasteiger partial charge in [-0.15, -0.1) is 0 Å². The van der Waals surface area contributed by atoms with E-state index in [0.717, 1.165) is 11.3 Å². The molecule has 0 aliphatic rings. The minimum atomic E-state index is 0.701. The van der Waals surface area contributed by atoms with Gasteiger partial charge >= 0.3 is 0 Å². The topological polar surface area (TPSA) is 12.4 Å². The molecule has 0 spiro atoms. The molecular weight excluding hydrogens is 230 g/mol. The molecule has 0 atom stereocenters. The third-order valence-electron chi connectivity index (χ3n) is 2.21. The van der Waals surface area contributed by atoms with Gasteiger partial charge < -0.3 is 0 Å². The molecule has 0 aliphatic carbocycles. The van der Waals surface area contributed by atoms with Crippen molar-refractivity contribution in [3.8, 4) is 0 Å². The van der Waals surface area contributed by atoms with E-state index in [1.807, 2.05) is 66.7 Å². The van der Waals surface area contributed by atoms with Crippen molar-refractivity contribution in [2.75, 3.05) is 0 Å². The van der Waals surface area contributed by atoms with E-state index in [4.69, 9.17) is 11.6 Å². The Bertz CT molecular complexity index is 530. The zero-order valence-corrected chi connectivity index (χ0v) is 10.0. The van der Waals surface area contributed by atoms with E-state index in [1.54, 1.807) is 6.21 Å². The summed E-state index contributed by atoms with van der Waals surface area (Å²) >= 11 is 5.86. The van der Waals surface area contributed by atoms with Crippen LogP contribution >= 0.6 is 11.6 Å². The van der Waals surface area contributed by atoms with Gasteiger partial charge in [-0.25, -0.2) is 0 Å². The molecule has 0 N–H and O–H groups in total. The molecule has 84 valence electrons. The summed E-state index contributed by atoms with van der Waals surface area (Å²) in [6.07, 6.45) is 5.68. The van der Waals surface area contributed by atoms with Gasteiger partial charge in [0.1, 0.15) is 0 Å². The second kappa shape index (κ2) is 6.02. The molecule has 0 saturated heterocycles. The average molecular weight is 242 g/mol. The van der Waals surface area contributed by atoms with Crippen molar-refractivity contribution in [2.45, 2.75) is 0 Å². The highest BCUT2D eigenvalue weighted by molar-refractivity contribution is 6.30. The Hall–Kier alpha value is -1.86. The second-order valence-electron chi connectivity index (χ2n) is 3.53. The minimum Gasteiger partial charge on any atom is -0.257 e. The molecule has 17 heavy (non-hydrogen) atoms. The van der Waals surface area contributed by atoms with Gasteiger partial charge in [-0.05, 0) is 29.8 Å². The molecule has 2 aromatic carbocycles. The van der Waals surface area contributed by atoms with Crippen LogP contribution in [0.25, 0.3) is 6.08 Å². The Morgan fingerprint density at radius 1 is 0.941 bits per heavy atom. The number of aliphatic imine (C=N–C) groups is 1. The fourth-order valence-electron chi connectivity index (χ4n) is 1.40. The Balaban J connectivity index is 2.01. The van der Waals surface area contributed by atoms with Crippen LogP contribution in [0.2, 0.25) is 5.02 Å². The van der Waals surface area contributed by atoms with Gasteiger partial charge in [-0.2, -0.15) is 0 Å². The molecule has 0 bridgehead atoms. The van der Waals surface area contributed by atoms with Crippen LogP contribution in [0.1, 0.15) is 5.56 Å². The molecule has 0 amide bonds. The Labute approximate surface area is 106 Å². The van der Waals surface area contributed by atoms with Crippen LogP contribution in [-0.2, 0) is 0 Å². The zero-order valence-electron chi connectivity index (χ0n) is 9.25. The number of rotatable bonds is 3. The predicted octanol–water partition coefficient (Wildman–Crippen LogP) is 4.76. The van der Waals surface area contributed by atoms with Crippen LogP contribution in [0, 0.1) is 0 Å². The SMILES string of the molecule is Clc1cccc(N=CC=Cc2ccccc2)c1. The maximum Gasteiger partial charge on any atom is 0.0644 e. The van der Waals surface area contributed by atoms with Crippen LogP contribution in [0.15, 0.2) is 65.7 Å². The van der Waals surface area contributed by atoms with Crippen molar-refractivity contribution in [1.82, 2.24) is 0 Å². The lowest BCUT2D eigenvalue weighted by atomic mass is 10.2. The molecule has 0 aliphatic heterocycles. The summed E-state index contributed by atoms with van der Waals surface area (Å²) in [5.74, 6) is 0. The highest BCUT2D eigenvalue weighted by Gasteiger charge is 1.88. The predicted molar refractivity (Wildman–Crippen MR) is 75.1 cm³/mol. The van der Waals surface area contributed by atoms with E-state index in [1.165, 1.54) is 0 Å². The van der Waals surface area contributed by atoms with Crippen LogP contribution in [-0.4, -0.2) is 6.21 Å². The van der Waals surface area contributed by atoms with Crippen LogP contribution in [0.5, 0.6) is 0 Å². The largest absolute Gasteiger partial charge is 0.257 e. The fraction of sp³-hybridized carbons (Fsp3) is 0. The summed E-state index contributed by atoms with van der Waals surface area (Å²) < 4.78 is 0. The summed E-state index contributed by atoms with van der Waals surface area (Å²) in [5, 5.41) is 0.701. The highest BCUT2D eigenvalue weighted by Crippen LogP contribution is 2.17. The van der Waals surface area contributed by atoms with Crippen LogP contribution in [0.4, 0.5) is 5.69 Å². The molecule has 2 heteroatoms. The molecule has 0 radical (unpaired) electrons. The zero-order chi connectivity index (χ0) is 11.9. The van der Waals surface area contributed by atoms with E-state index in [9.17, 15) is 0 Å². The lowest BCUT2D eigenvalue weighted by Crippen LogP contribution is -1.70. The van der Waals surface area contributed by atoms with Crippen LogP contribution in [0.3, 0.4) is 0 Å². The van der Waals surface area contributed by atoms with E-state index in [-0.39, 0.29) is 0 Å². The molecule has 2 rings (SSSR count). The summed E-state index contributed by atoms with van der Waals surface area (Å²) in [6, 6.07) is 17.6. The quantitative estimate of drug-likeness (QED) is 0.688. The van der Waals surface area contributed by atoms with E-state index in [0.29, 0.717) is 5.02 Å². The normalized spacial score (nSPS) is 11.4. The number of hydrogen-bond donors (Lipinski definition) is 0. The third-order valence-corrected chi connectivity index (χ3v) is 2.44. The van der Waals surface area contributed by atoms with Crippen LogP contribution < -0.4 is 0 Å². The lowest BCUT2D eigenvalue weighted by Gasteiger charge is -1.92. The number of hydrogen-bond acceptors (Lipinski definition) is 1. The molecule has 2 aromatic rings. The first-order chi connectivity index (χ1) is 8.34. The van der Waals surface area contributed by atoms with Gasteiger partial charge in [0, 0.05) is 11.2 Å². The first kappa shape index (κ1) is 11.6. The van der Waals surface area contributed by atoms with Crippen molar-refractivity contribution in [1.29, 1.82) is 0 Å². The highest BCUT2D eigenvalue weighted by atomic mass is 35.5. The first-order valence-corrected chi connectivity index (χ1v) is 5.74. The van der Waals surface area contributed by atoms with Gasteiger partial charge in [0.2, 0.25) is 0 Å². The van der Waals surface area contributed by atoms with E-state index < -0.39 is 0 Å². The fourth-order valence-corrected chi connectivity index (χ4v) is 1.59. The Morgan fingerprint density at radius 2 is 1.76 bits per heavy atom. The number of allylic oxidation sites excluding steroid dienone is 1. The lowest BCUT2D eigenvalue weighted by molar-refractivity contribution is 1.54. The summed E-state index contributed by atoms with van der Waals surface area (Å²) in [7, 11) is 0. The molecular formula is C15H12ClN. The van der Waals surface area contributed by atoms with Crippen molar-refractivity contribution in [2.24, 2.45) is 4.99 Å². The molecule has 0 fully saturated rings. The minimum absolute atomic E-state index is 0.701. The molecule has 0 aromatic heterocycles. The molecule has 1 nitrogen and oxygen atoms in total. The maximum absolute atomic E-state index is 5.86. The van der Waals surface area contributed by atoms with Gasteiger partial charge in [-0.3, -0.25) is 4.99 Å². The smallest absolute Gasteiger partial charge is 0.0644 e. The molecule has 0 unspecified atom stereocenters. The maximum atomic E-state index is 5.86. The number of halogens is 1. The Kier molecular flexibility index (Phi) is 4.11. The van der Waals surface area contributed by atoms with E-state index >= 15 is 0 Å². The third kappa shape index (κ3) is 3.89. The second-order valence-corrected chi connectivity index (χ2v) is 3.96. The monoisotopic (exact) mass is 241 g/mol. The van der Waals surface area contributed by atoms with Gasteiger partial charge in [0.05, 0.1) is 5.69 Å². The number of benzene rings is 2. The standard InChI is InChI=1S/C15H12ClN/c16-14-9-4-10-15(12-14)17-11-5-8-13-6-2-1-3-7-13/h1-12H. The Morgan fingerprint density at radius 3 is 2.53 bits per heavy atom. The number of nitrogens with zero attached hydrogens (tertiary/aromatic N) is 1. The first-order valence-electron chi connectivity index (χ1n) is 5.36. The molecule has 0 heterocycles. The van der Waals surface area contributed by atoms with Crippen molar-refractivity contribution < 1.29 is 0 Å². The van der Waals surface area contributed by atoms with E-state index in [2.05, 4.69) is 4.99 Å². The summed E-state index contributed by atoms with van der Waals surface area (Å²) in [6.45, 7) is 0. The van der Waals surface area contributed by atoms with Gasteiger partial charge in [0.15, 0.2) is 0 Å². The summed E-state index contributed by atoms with van der Waals surface area (Å²) in [5.41, 5.74) is 2.01. The summed E-state index contributed by atoms with van der Waals surface area (Å²) in [4.78, 5) is 4.29. The molecule has 0 saturated carbocycles. The van der Waals surface area contributed by atoms with Crippen molar-refractivity contribution in [3.05, 3.63) is 71.3 Å². The van der Waals surface area contributed by atoms with Crippen molar-refractivity contribution >= 4 is 29.6 Å². The van der Waals surface area contributed by atoms with Gasteiger partial charge in [-0.1, -0.05) is 54.1 Å². The van der Waals surface area contributed by atoms with Crippen molar-refractivity contribution in [3.63, 3.8) is 0 Å². The van der Waals surface area contributed by atoms with Gasteiger partial charge in [0.25, 0.3) is 0 Å². The average Bonchev–Trinajstić information content (AvgIpc) is 2.36.